The second kappa shape index (κ2) is 10.7. The van der Waals surface area contributed by atoms with Gasteiger partial charge in [0.25, 0.3) is 0 Å². The molecule has 0 saturated heterocycles. The minimum absolute atomic E-state index is 0.150. The van der Waals surface area contributed by atoms with Crippen LogP contribution in [-0.4, -0.2) is 38.5 Å². The highest BCUT2D eigenvalue weighted by molar-refractivity contribution is 7.67. The number of esters is 2. The van der Waals surface area contributed by atoms with Crippen molar-refractivity contribution in [2.24, 2.45) is 5.41 Å². The first kappa shape index (κ1) is 22.8. The molecule has 142 valence electrons. The summed E-state index contributed by atoms with van der Waals surface area (Å²) in [6.07, 6.45) is 1.08. The molecule has 0 saturated carbocycles. The maximum Gasteiger partial charge on any atom is 0.330 e. The van der Waals surface area contributed by atoms with Gasteiger partial charge in [-0.1, -0.05) is 20.1 Å². The molecule has 0 fully saturated rings. The van der Waals surface area contributed by atoms with Gasteiger partial charge in [-0.05, 0) is 26.7 Å². The quantitative estimate of drug-likeness (QED) is 0.250. The molecular weight excluding hydrogens is 352 g/mol. The molecule has 2 unspecified atom stereocenters. The van der Waals surface area contributed by atoms with Crippen molar-refractivity contribution in [2.75, 3.05) is 0 Å². The first-order valence-electron chi connectivity index (χ1n) is 7.58. The summed E-state index contributed by atoms with van der Waals surface area (Å²) < 4.78 is 35.2. The summed E-state index contributed by atoms with van der Waals surface area (Å²) in [4.78, 5) is 34.3. The lowest BCUT2D eigenvalue weighted by Gasteiger charge is -2.39. The maximum atomic E-state index is 11.5. The number of thiol groups is 1. The summed E-state index contributed by atoms with van der Waals surface area (Å²) >= 11 is 0. The topological polar surface area (TPSA) is 113 Å². The van der Waals surface area contributed by atoms with Crippen LogP contribution in [0, 0.1) is 5.41 Å². The fourth-order valence-corrected chi connectivity index (χ4v) is 2.45. The van der Waals surface area contributed by atoms with E-state index >= 15 is 0 Å². The molecular formula is C16H24O8S. The van der Waals surface area contributed by atoms with Crippen LogP contribution >= 0.6 is 0 Å². The first-order chi connectivity index (χ1) is 11.6. The van der Waals surface area contributed by atoms with Crippen LogP contribution in [0.4, 0.5) is 0 Å². The summed E-state index contributed by atoms with van der Waals surface area (Å²) in [5.74, 6) is -2.16. The standard InChI is InChI=1S/C16H24O8S/c1-6-13(17)22-11(3)16(5,12(4)23-14(18)7-2)10-8-9-15(19)24-25(20)21/h6-7,11-12,25H,1-2,8-10H2,3-5H3. The van der Waals surface area contributed by atoms with E-state index < -0.39 is 46.5 Å². The van der Waals surface area contributed by atoms with Crippen LogP contribution in [0.25, 0.3) is 0 Å². The molecule has 25 heavy (non-hydrogen) atoms. The smallest absolute Gasteiger partial charge is 0.330 e. The Morgan fingerprint density at radius 3 is 1.84 bits per heavy atom. The van der Waals surface area contributed by atoms with E-state index in [0.29, 0.717) is 6.42 Å². The van der Waals surface area contributed by atoms with Crippen molar-refractivity contribution < 1.29 is 36.5 Å². The summed E-state index contributed by atoms with van der Waals surface area (Å²) in [5, 5.41) is 0. The SMILES string of the molecule is C=CC(=O)OC(C)C(C)(CCCC(=O)O[SH](=O)=O)C(C)OC(=O)C=C. The number of hydrogen-bond donors (Lipinski definition) is 1. The molecule has 9 heteroatoms. The predicted octanol–water partition coefficient (Wildman–Crippen LogP) is 1.47. The zero-order valence-electron chi connectivity index (χ0n) is 14.6. The summed E-state index contributed by atoms with van der Waals surface area (Å²) in [5.41, 5.74) is -0.836. The maximum absolute atomic E-state index is 11.5. The fraction of sp³-hybridized carbons (Fsp3) is 0.562. The molecule has 0 aromatic rings. The molecule has 0 aliphatic rings. The van der Waals surface area contributed by atoms with E-state index in [-0.39, 0.29) is 12.8 Å². The minimum Gasteiger partial charge on any atom is -0.459 e. The predicted molar refractivity (Wildman–Crippen MR) is 89.9 cm³/mol. The van der Waals surface area contributed by atoms with E-state index in [9.17, 15) is 22.8 Å². The van der Waals surface area contributed by atoms with E-state index in [1.54, 1.807) is 20.8 Å². The molecule has 2 atom stereocenters. The molecule has 0 aromatic carbocycles. The fourth-order valence-electron chi connectivity index (χ4n) is 2.19. The number of rotatable bonds is 11. The Morgan fingerprint density at radius 2 is 1.48 bits per heavy atom. The van der Waals surface area contributed by atoms with Crippen LogP contribution in [0.2, 0.25) is 0 Å². The lowest BCUT2D eigenvalue weighted by atomic mass is 9.75. The van der Waals surface area contributed by atoms with Gasteiger partial charge in [0.1, 0.15) is 12.2 Å². The zero-order valence-corrected chi connectivity index (χ0v) is 15.5. The Balaban J connectivity index is 5.12. The highest BCUT2D eigenvalue weighted by Gasteiger charge is 2.41. The van der Waals surface area contributed by atoms with Crippen LogP contribution in [0.3, 0.4) is 0 Å². The van der Waals surface area contributed by atoms with Gasteiger partial charge in [-0.15, -0.1) is 0 Å². The van der Waals surface area contributed by atoms with Gasteiger partial charge in [0.05, 0.1) is 0 Å². The Morgan fingerprint density at radius 1 is 1.04 bits per heavy atom. The molecule has 0 bridgehead atoms. The van der Waals surface area contributed by atoms with Gasteiger partial charge in [0, 0.05) is 24.0 Å². The lowest BCUT2D eigenvalue weighted by Crippen LogP contribution is -2.44. The molecule has 0 aliphatic heterocycles. The van der Waals surface area contributed by atoms with Crippen LogP contribution < -0.4 is 0 Å². The van der Waals surface area contributed by atoms with Crippen molar-refractivity contribution in [1.29, 1.82) is 0 Å². The van der Waals surface area contributed by atoms with Crippen molar-refractivity contribution in [3.05, 3.63) is 25.3 Å². The molecule has 0 aromatic heterocycles. The average molecular weight is 376 g/mol. The van der Waals surface area contributed by atoms with Crippen LogP contribution in [0.5, 0.6) is 0 Å². The average Bonchev–Trinajstić information content (AvgIpc) is 2.53. The van der Waals surface area contributed by atoms with Gasteiger partial charge in [-0.3, -0.25) is 4.79 Å². The second-order valence-electron chi connectivity index (χ2n) is 5.61. The minimum atomic E-state index is -3.25. The summed E-state index contributed by atoms with van der Waals surface area (Å²) in [6.45, 7) is 11.6. The third kappa shape index (κ3) is 7.97. The van der Waals surface area contributed by atoms with Crippen molar-refractivity contribution >= 4 is 28.9 Å². The number of carbonyl (C=O) groups excluding carboxylic acids is 3. The molecule has 0 N–H and O–H groups in total. The Labute approximate surface area is 149 Å². The van der Waals surface area contributed by atoms with Crippen molar-refractivity contribution in [1.82, 2.24) is 0 Å². The van der Waals surface area contributed by atoms with Gasteiger partial charge in [-0.25, -0.2) is 9.59 Å². The molecule has 8 nitrogen and oxygen atoms in total. The van der Waals surface area contributed by atoms with E-state index in [2.05, 4.69) is 17.3 Å². The van der Waals surface area contributed by atoms with Gasteiger partial charge >= 0.3 is 28.9 Å². The molecule has 0 heterocycles. The van der Waals surface area contributed by atoms with Gasteiger partial charge in [0.2, 0.25) is 0 Å². The van der Waals surface area contributed by atoms with Gasteiger partial charge in [0.15, 0.2) is 0 Å². The Hall–Kier alpha value is -2.16. The van der Waals surface area contributed by atoms with Crippen LogP contribution in [-0.2, 0) is 39.0 Å². The van der Waals surface area contributed by atoms with Crippen LogP contribution in [0.1, 0.15) is 40.0 Å². The van der Waals surface area contributed by atoms with Crippen molar-refractivity contribution in [3.8, 4) is 0 Å². The van der Waals surface area contributed by atoms with Crippen LogP contribution in [0.15, 0.2) is 25.3 Å². The van der Waals surface area contributed by atoms with Crippen molar-refractivity contribution in [3.63, 3.8) is 0 Å². The zero-order chi connectivity index (χ0) is 19.6. The lowest BCUT2D eigenvalue weighted by molar-refractivity contribution is -0.165. The van der Waals surface area contributed by atoms with E-state index in [1.807, 2.05) is 0 Å². The number of ether oxygens (including phenoxy) is 2. The van der Waals surface area contributed by atoms with Gasteiger partial charge in [-0.2, -0.15) is 8.42 Å². The number of hydrogen-bond acceptors (Lipinski definition) is 8. The Bertz CT molecular complexity index is 557. The van der Waals surface area contributed by atoms with E-state index in [0.717, 1.165) is 12.2 Å². The van der Waals surface area contributed by atoms with E-state index in [4.69, 9.17) is 9.47 Å². The summed E-state index contributed by atoms with van der Waals surface area (Å²) in [6, 6.07) is 0. The first-order valence-corrected chi connectivity index (χ1v) is 8.67. The summed E-state index contributed by atoms with van der Waals surface area (Å²) in [7, 11) is -3.25. The largest absolute Gasteiger partial charge is 0.459 e. The molecule has 0 radical (unpaired) electrons. The normalized spacial score (nSPS) is 15.4. The highest BCUT2D eigenvalue weighted by Crippen LogP contribution is 2.36. The third-order valence-corrected chi connectivity index (χ3v) is 4.40. The van der Waals surface area contributed by atoms with E-state index in [1.165, 1.54) is 0 Å². The monoisotopic (exact) mass is 376 g/mol. The molecule has 0 amide bonds. The number of carbonyl (C=O) groups is 3. The second-order valence-corrected chi connectivity index (χ2v) is 6.24. The molecule has 0 aliphatic carbocycles. The highest BCUT2D eigenvalue weighted by atomic mass is 32.2. The third-order valence-electron chi connectivity index (χ3n) is 4.05. The van der Waals surface area contributed by atoms with Crippen molar-refractivity contribution in [2.45, 2.75) is 52.2 Å². The van der Waals surface area contributed by atoms with Gasteiger partial charge < -0.3 is 13.7 Å². The molecule has 0 spiro atoms. The Kier molecular flexibility index (Phi) is 9.73. The molecule has 0 rings (SSSR count).